The van der Waals surface area contributed by atoms with E-state index in [-0.39, 0.29) is 16.7 Å². The number of nitro groups is 1. The van der Waals surface area contributed by atoms with Crippen molar-refractivity contribution in [2.75, 3.05) is 12.9 Å². The lowest BCUT2D eigenvalue weighted by molar-refractivity contribution is -0.386. The highest BCUT2D eigenvalue weighted by Gasteiger charge is 2.24. The van der Waals surface area contributed by atoms with Gasteiger partial charge in [-0.25, -0.2) is 4.98 Å². The van der Waals surface area contributed by atoms with Crippen molar-refractivity contribution < 1.29 is 9.66 Å². The molecule has 0 bridgehead atoms. The van der Waals surface area contributed by atoms with Gasteiger partial charge in [-0.3, -0.25) is 10.1 Å². The normalized spacial score (nSPS) is 10.2. The molecule has 0 spiro atoms. The highest BCUT2D eigenvalue weighted by molar-refractivity contribution is 7.98. The van der Waals surface area contributed by atoms with Crippen LogP contribution in [0.4, 0.5) is 5.69 Å². The highest BCUT2D eigenvalue weighted by atomic mass is 35.5. The Kier molecular flexibility index (Phi) is 4.75. The summed E-state index contributed by atoms with van der Waals surface area (Å²) in [6.45, 7) is 2.24. The molecule has 0 radical (unpaired) electrons. The summed E-state index contributed by atoms with van der Waals surface area (Å²) in [4.78, 5) is 17.8. The molecule has 0 aliphatic rings. The highest BCUT2D eigenvalue weighted by Crippen LogP contribution is 2.33. The maximum atomic E-state index is 10.8. The first-order valence-corrected chi connectivity index (χ1v) is 6.09. The van der Waals surface area contributed by atoms with Crippen molar-refractivity contribution >= 4 is 29.1 Å². The predicted molar refractivity (Wildman–Crippen MR) is 61.3 cm³/mol. The minimum Gasteiger partial charge on any atom is -0.473 e. The van der Waals surface area contributed by atoms with Gasteiger partial charge in [0.15, 0.2) is 5.16 Å². The molecule has 0 amide bonds. The molecule has 0 aliphatic heterocycles. The van der Waals surface area contributed by atoms with Crippen LogP contribution in [0.2, 0.25) is 5.15 Å². The quantitative estimate of drug-likeness (QED) is 0.267. The van der Waals surface area contributed by atoms with Gasteiger partial charge in [-0.05, 0) is 12.7 Å². The molecule has 0 saturated heterocycles. The van der Waals surface area contributed by atoms with Crippen molar-refractivity contribution in [1.29, 1.82) is 0 Å². The van der Waals surface area contributed by atoms with E-state index in [1.165, 1.54) is 11.8 Å². The first-order valence-electron chi connectivity index (χ1n) is 4.48. The Balaban J connectivity index is 3.17. The average molecular weight is 264 g/mol. The smallest absolute Gasteiger partial charge is 0.367 e. The Labute approximate surface area is 102 Å². The van der Waals surface area contributed by atoms with E-state index >= 15 is 0 Å². The van der Waals surface area contributed by atoms with Gasteiger partial charge in [0.2, 0.25) is 5.15 Å². The average Bonchev–Trinajstić information content (AvgIpc) is 2.24. The van der Waals surface area contributed by atoms with Gasteiger partial charge >= 0.3 is 5.69 Å². The monoisotopic (exact) mass is 263 g/mol. The Bertz CT molecular complexity index is 402. The molecule has 88 valence electrons. The van der Waals surface area contributed by atoms with Crippen molar-refractivity contribution in [3.63, 3.8) is 0 Å². The van der Waals surface area contributed by atoms with Crippen LogP contribution < -0.4 is 4.74 Å². The maximum Gasteiger partial charge on any atom is 0.367 e. The Morgan fingerprint density at radius 2 is 2.25 bits per heavy atom. The van der Waals surface area contributed by atoms with Crippen LogP contribution in [0.15, 0.2) is 5.16 Å². The summed E-state index contributed by atoms with van der Waals surface area (Å²) in [6.07, 6.45) is 2.48. The summed E-state index contributed by atoms with van der Waals surface area (Å²) in [7, 11) is 0. The molecule has 0 aromatic carbocycles. The molecule has 6 nitrogen and oxygen atoms in total. The minimum absolute atomic E-state index is 0.0730. The fraction of sp³-hybridized carbons (Fsp3) is 0.500. The number of hydrogen-bond acceptors (Lipinski definition) is 6. The van der Waals surface area contributed by atoms with Crippen LogP contribution in [0.25, 0.3) is 0 Å². The van der Waals surface area contributed by atoms with Gasteiger partial charge in [0.1, 0.15) is 0 Å². The van der Waals surface area contributed by atoms with Gasteiger partial charge in [-0.1, -0.05) is 30.3 Å². The summed E-state index contributed by atoms with van der Waals surface area (Å²) < 4.78 is 5.18. The van der Waals surface area contributed by atoms with Crippen LogP contribution in [0.1, 0.15) is 13.3 Å². The number of hydrogen-bond donors (Lipinski definition) is 0. The second-order valence-corrected chi connectivity index (χ2v) is 3.89. The van der Waals surface area contributed by atoms with Gasteiger partial charge in [-0.15, -0.1) is 0 Å². The van der Waals surface area contributed by atoms with Crippen molar-refractivity contribution in [3.8, 4) is 5.88 Å². The summed E-state index contributed by atoms with van der Waals surface area (Å²) in [5, 5.41) is 10.9. The van der Waals surface area contributed by atoms with Crippen molar-refractivity contribution in [1.82, 2.24) is 9.97 Å². The fourth-order valence-corrected chi connectivity index (χ4v) is 1.57. The second kappa shape index (κ2) is 5.86. The standard InChI is InChI=1S/C8H10ClN3O3S/c1-3-4-15-7-5(12(13)14)6(9)10-8(11-7)16-2/h3-4H2,1-2H3. The largest absolute Gasteiger partial charge is 0.473 e. The van der Waals surface area contributed by atoms with E-state index in [2.05, 4.69) is 9.97 Å². The molecule has 1 heterocycles. The zero-order valence-electron chi connectivity index (χ0n) is 8.77. The molecule has 16 heavy (non-hydrogen) atoms. The van der Waals surface area contributed by atoms with Gasteiger partial charge in [0.05, 0.1) is 11.5 Å². The summed E-state index contributed by atoms with van der Waals surface area (Å²) >= 11 is 6.94. The van der Waals surface area contributed by atoms with E-state index in [0.717, 1.165) is 6.42 Å². The van der Waals surface area contributed by atoms with E-state index in [1.807, 2.05) is 6.92 Å². The van der Waals surface area contributed by atoms with Crippen LogP contribution in [0.3, 0.4) is 0 Å². The molecular formula is C8H10ClN3O3S. The summed E-state index contributed by atoms with van der Waals surface area (Å²) in [6, 6.07) is 0. The topological polar surface area (TPSA) is 78.2 Å². The van der Waals surface area contributed by atoms with E-state index in [4.69, 9.17) is 16.3 Å². The lowest BCUT2D eigenvalue weighted by Gasteiger charge is -2.06. The molecule has 0 unspecified atom stereocenters. The molecule has 1 aromatic rings. The van der Waals surface area contributed by atoms with Crippen LogP contribution in [0, 0.1) is 10.1 Å². The summed E-state index contributed by atoms with van der Waals surface area (Å²) in [5.41, 5.74) is -0.382. The third-order valence-electron chi connectivity index (χ3n) is 1.60. The Morgan fingerprint density at radius 1 is 1.56 bits per heavy atom. The first kappa shape index (κ1) is 13.0. The Morgan fingerprint density at radius 3 is 2.75 bits per heavy atom. The minimum atomic E-state index is -0.641. The maximum absolute atomic E-state index is 10.8. The lowest BCUT2D eigenvalue weighted by atomic mass is 10.5. The van der Waals surface area contributed by atoms with Gasteiger partial charge in [0.25, 0.3) is 5.88 Å². The zero-order chi connectivity index (χ0) is 12.1. The Hall–Kier alpha value is -1.08. The number of aromatic nitrogens is 2. The lowest BCUT2D eigenvalue weighted by Crippen LogP contribution is -2.04. The molecular weight excluding hydrogens is 254 g/mol. The van der Waals surface area contributed by atoms with Crippen molar-refractivity contribution in [2.24, 2.45) is 0 Å². The van der Waals surface area contributed by atoms with Crippen molar-refractivity contribution in [2.45, 2.75) is 18.5 Å². The first-order chi connectivity index (χ1) is 7.60. The van der Waals surface area contributed by atoms with Crippen LogP contribution in [-0.4, -0.2) is 27.8 Å². The van der Waals surface area contributed by atoms with Crippen LogP contribution >= 0.6 is 23.4 Å². The molecule has 1 rings (SSSR count). The fourth-order valence-electron chi connectivity index (χ4n) is 0.934. The van der Waals surface area contributed by atoms with E-state index in [9.17, 15) is 10.1 Å². The number of thioether (sulfide) groups is 1. The molecule has 8 heteroatoms. The number of ether oxygens (including phenoxy) is 1. The van der Waals surface area contributed by atoms with Gasteiger partial charge < -0.3 is 4.74 Å². The van der Waals surface area contributed by atoms with Gasteiger partial charge in [0, 0.05) is 0 Å². The molecule has 0 aliphatic carbocycles. The van der Waals surface area contributed by atoms with E-state index in [1.54, 1.807) is 6.26 Å². The van der Waals surface area contributed by atoms with Crippen molar-refractivity contribution in [3.05, 3.63) is 15.3 Å². The number of nitrogens with zero attached hydrogens (tertiary/aromatic N) is 3. The molecule has 0 N–H and O–H groups in total. The van der Waals surface area contributed by atoms with E-state index < -0.39 is 4.92 Å². The number of rotatable bonds is 5. The van der Waals surface area contributed by atoms with Crippen LogP contribution in [-0.2, 0) is 0 Å². The summed E-state index contributed by atoms with van der Waals surface area (Å²) in [5.74, 6) is -0.0730. The molecule has 0 atom stereocenters. The van der Waals surface area contributed by atoms with E-state index in [0.29, 0.717) is 11.8 Å². The van der Waals surface area contributed by atoms with Gasteiger partial charge in [-0.2, -0.15) is 4.98 Å². The van der Waals surface area contributed by atoms with Crippen LogP contribution in [0.5, 0.6) is 5.88 Å². The molecule has 0 saturated carbocycles. The third-order valence-corrected chi connectivity index (χ3v) is 2.41. The number of halogens is 1. The SMILES string of the molecule is CCCOc1nc(SC)nc(Cl)c1[N+](=O)[O-]. The second-order valence-electron chi connectivity index (χ2n) is 2.76. The predicted octanol–water partition coefficient (Wildman–Crippen LogP) is 2.55. The third kappa shape index (κ3) is 2.96. The molecule has 0 fully saturated rings. The molecule has 1 aromatic heterocycles. The zero-order valence-corrected chi connectivity index (χ0v) is 10.3.